The lowest BCUT2D eigenvalue weighted by Gasteiger charge is -2.25. The molecule has 5 nitrogen and oxygen atoms in total. The van der Waals surface area contributed by atoms with E-state index in [2.05, 4.69) is 15.3 Å². The molecular weight excluding hydrogens is 170 g/mol. The van der Waals surface area contributed by atoms with Gasteiger partial charge in [-0.1, -0.05) is 6.07 Å². The Morgan fingerprint density at radius 1 is 1.54 bits per heavy atom. The summed E-state index contributed by atoms with van der Waals surface area (Å²) in [5.41, 5.74) is -1.05. The standard InChI is InChI=1S/C8H9N3O2/c12-7-8(13,11-5-10-7)6-2-1-3-9-4-6/h1-5,7,12-13H,(H,10,11). The Balaban J connectivity index is 2.36. The van der Waals surface area contributed by atoms with Gasteiger partial charge in [-0.15, -0.1) is 0 Å². The summed E-state index contributed by atoms with van der Waals surface area (Å²) in [6.07, 6.45) is 3.16. The first kappa shape index (κ1) is 8.15. The van der Waals surface area contributed by atoms with E-state index in [0.29, 0.717) is 5.56 Å². The lowest BCUT2D eigenvalue weighted by Crippen LogP contribution is -2.45. The maximum absolute atomic E-state index is 9.91. The summed E-state index contributed by atoms with van der Waals surface area (Å²) in [7, 11) is 0. The molecule has 1 aromatic rings. The molecule has 0 bridgehead atoms. The van der Waals surface area contributed by atoms with Crippen LogP contribution in [-0.2, 0) is 5.72 Å². The van der Waals surface area contributed by atoms with Crippen LogP contribution in [0, 0.1) is 0 Å². The number of rotatable bonds is 1. The van der Waals surface area contributed by atoms with E-state index in [9.17, 15) is 10.2 Å². The zero-order chi connectivity index (χ0) is 9.31. The molecule has 2 atom stereocenters. The van der Waals surface area contributed by atoms with Gasteiger partial charge >= 0.3 is 0 Å². The number of pyridine rings is 1. The van der Waals surface area contributed by atoms with Crippen LogP contribution in [0.15, 0.2) is 29.5 Å². The molecule has 0 aliphatic carbocycles. The summed E-state index contributed by atoms with van der Waals surface area (Å²) in [5.74, 6) is 0. The van der Waals surface area contributed by atoms with Crippen molar-refractivity contribution in [3.63, 3.8) is 0 Å². The Bertz CT molecular complexity index is 327. The predicted molar refractivity (Wildman–Crippen MR) is 45.8 cm³/mol. The number of nitrogens with one attached hydrogen (secondary N) is 1. The maximum Gasteiger partial charge on any atom is 0.212 e. The fraction of sp³-hybridized carbons (Fsp3) is 0.250. The summed E-state index contributed by atoms with van der Waals surface area (Å²) >= 11 is 0. The first-order valence-electron chi connectivity index (χ1n) is 3.84. The molecule has 0 radical (unpaired) electrons. The van der Waals surface area contributed by atoms with Gasteiger partial charge in [-0.05, 0) is 6.07 Å². The molecule has 2 rings (SSSR count). The van der Waals surface area contributed by atoms with Crippen LogP contribution in [0.5, 0.6) is 0 Å². The van der Waals surface area contributed by atoms with Crippen molar-refractivity contribution in [3.05, 3.63) is 30.1 Å². The third kappa shape index (κ3) is 1.18. The summed E-state index contributed by atoms with van der Waals surface area (Å²) < 4.78 is 0. The van der Waals surface area contributed by atoms with E-state index < -0.39 is 12.0 Å². The van der Waals surface area contributed by atoms with Crippen LogP contribution < -0.4 is 5.32 Å². The zero-order valence-electron chi connectivity index (χ0n) is 6.75. The van der Waals surface area contributed by atoms with Crippen molar-refractivity contribution in [3.8, 4) is 0 Å². The summed E-state index contributed by atoms with van der Waals surface area (Å²) in [6, 6.07) is 3.35. The topological polar surface area (TPSA) is 77.7 Å². The Hall–Kier alpha value is -1.46. The molecule has 0 saturated heterocycles. The number of hydrogen-bond acceptors (Lipinski definition) is 5. The second kappa shape index (κ2) is 2.79. The van der Waals surface area contributed by atoms with Gasteiger partial charge in [0.1, 0.15) is 0 Å². The highest BCUT2D eigenvalue weighted by Gasteiger charge is 2.40. The Labute approximate surface area is 74.8 Å². The van der Waals surface area contributed by atoms with Crippen LogP contribution in [0.1, 0.15) is 5.56 Å². The van der Waals surface area contributed by atoms with Crippen molar-refractivity contribution >= 4 is 6.34 Å². The number of aromatic nitrogens is 1. The van der Waals surface area contributed by atoms with Crippen molar-refractivity contribution in [2.24, 2.45) is 4.99 Å². The van der Waals surface area contributed by atoms with E-state index in [1.807, 2.05) is 0 Å². The van der Waals surface area contributed by atoms with Crippen molar-refractivity contribution < 1.29 is 10.2 Å². The lowest BCUT2D eigenvalue weighted by atomic mass is 10.0. The van der Waals surface area contributed by atoms with Gasteiger partial charge in [-0.3, -0.25) is 4.98 Å². The first-order chi connectivity index (χ1) is 6.23. The monoisotopic (exact) mass is 179 g/mol. The Kier molecular flexibility index (Phi) is 1.75. The van der Waals surface area contributed by atoms with Crippen molar-refractivity contribution in [2.75, 3.05) is 0 Å². The fourth-order valence-corrected chi connectivity index (χ4v) is 1.21. The highest BCUT2D eigenvalue weighted by Crippen LogP contribution is 2.24. The van der Waals surface area contributed by atoms with Crippen LogP contribution >= 0.6 is 0 Å². The normalized spacial score (nSPS) is 31.7. The van der Waals surface area contributed by atoms with Gasteiger partial charge in [-0.2, -0.15) is 0 Å². The second-order valence-electron chi connectivity index (χ2n) is 2.80. The molecule has 1 aliphatic rings. The minimum atomic E-state index is -1.53. The Morgan fingerprint density at radius 3 is 2.92 bits per heavy atom. The number of aliphatic hydroxyl groups excluding tert-OH is 1. The second-order valence-corrected chi connectivity index (χ2v) is 2.80. The summed E-state index contributed by atoms with van der Waals surface area (Å²) in [6.45, 7) is 0. The summed E-state index contributed by atoms with van der Waals surface area (Å²) in [4.78, 5) is 7.45. The molecule has 5 heteroatoms. The third-order valence-corrected chi connectivity index (χ3v) is 1.98. The highest BCUT2D eigenvalue weighted by atomic mass is 16.4. The van der Waals surface area contributed by atoms with E-state index >= 15 is 0 Å². The summed E-state index contributed by atoms with van der Waals surface area (Å²) in [5, 5.41) is 21.8. The molecule has 2 unspecified atom stereocenters. The van der Waals surface area contributed by atoms with E-state index in [1.165, 1.54) is 12.5 Å². The molecule has 3 N–H and O–H groups in total. The van der Waals surface area contributed by atoms with Gasteiger partial charge < -0.3 is 15.5 Å². The fourth-order valence-electron chi connectivity index (χ4n) is 1.21. The van der Waals surface area contributed by atoms with Crippen LogP contribution in [0.25, 0.3) is 0 Å². The highest BCUT2D eigenvalue weighted by molar-refractivity contribution is 5.59. The molecular formula is C8H9N3O2. The van der Waals surface area contributed by atoms with Gasteiger partial charge in [0.05, 0.1) is 6.34 Å². The number of nitrogens with zero attached hydrogens (tertiary/aromatic N) is 2. The molecule has 0 amide bonds. The molecule has 13 heavy (non-hydrogen) atoms. The smallest absolute Gasteiger partial charge is 0.212 e. The van der Waals surface area contributed by atoms with E-state index in [-0.39, 0.29) is 0 Å². The maximum atomic E-state index is 9.91. The number of hydrogen-bond donors (Lipinski definition) is 3. The van der Waals surface area contributed by atoms with Gasteiger partial charge in [0.25, 0.3) is 0 Å². The first-order valence-corrected chi connectivity index (χ1v) is 3.84. The molecule has 0 aromatic carbocycles. The molecule has 1 aromatic heterocycles. The number of aliphatic hydroxyl groups is 2. The average molecular weight is 179 g/mol. The minimum Gasteiger partial charge on any atom is -0.367 e. The van der Waals surface area contributed by atoms with Crippen molar-refractivity contribution in [1.82, 2.24) is 10.3 Å². The quantitative estimate of drug-likeness (QED) is 0.526. The third-order valence-electron chi connectivity index (χ3n) is 1.98. The van der Waals surface area contributed by atoms with Crippen molar-refractivity contribution in [2.45, 2.75) is 12.0 Å². The zero-order valence-corrected chi connectivity index (χ0v) is 6.75. The molecule has 0 saturated carbocycles. The molecule has 68 valence electrons. The van der Waals surface area contributed by atoms with Crippen LogP contribution in [0.2, 0.25) is 0 Å². The van der Waals surface area contributed by atoms with Gasteiger partial charge in [-0.25, -0.2) is 4.99 Å². The lowest BCUT2D eigenvalue weighted by molar-refractivity contribution is -0.0761. The predicted octanol–water partition coefficient (Wildman–Crippen LogP) is -0.823. The van der Waals surface area contributed by atoms with Gasteiger partial charge in [0.2, 0.25) is 5.72 Å². The van der Waals surface area contributed by atoms with Gasteiger partial charge in [0, 0.05) is 18.0 Å². The van der Waals surface area contributed by atoms with E-state index in [1.54, 1.807) is 18.3 Å². The Morgan fingerprint density at radius 2 is 2.38 bits per heavy atom. The molecule has 0 spiro atoms. The van der Waals surface area contributed by atoms with Crippen LogP contribution in [0.3, 0.4) is 0 Å². The molecule has 0 fully saturated rings. The van der Waals surface area contributed by atoms with E-state index in [0.717, 1.165) is 0 Å². The van der Waals surface area contributed by atoms with E-state index in [4.69, 9.17) is 0 Å². The van der Waals surface area contributed by atoms with Crippen molar-refractivity contribution in [1.29, 1.82) is 0 Å². The van der Waals surface area contributed by atoms with Gasteiger partial charge in [0.15, 0.2) is 6.23 Å². The van der Waals surface area contributed by atoms with Crippen LogP contribution in [-0.4, -0.2) is 27.8 Å². The minimum absolute atomic E-state index is 0.486. The average Bonchev–Trinajstić information content (AvgIpc) is 2.50. The molecule has 1 aliphatic heterocycles. The molecule has 2 heterocycles. The number of aliphatic imine (C=N–C) groups is 1. The SMILES string of the molecule is OC1N=CNC1(O)c1cccnc1. The van der Waals surface area contributed by atoms with Crippen LogP contribution in [0.4, 0.5) is 0 Å². The largest absolute Gasteiger partial charge is 0.367 e.